The van der Waals surface area contributed by atoms with E-state index in [4.69, 9.17) is 39.0 Å². The van der Waals surface area contributed by atoms with Crippen molar-refractivity contribution in [1.29, 1.82) is 0 Å². The molecule has 4 aromatic heterocycles. The molecule has 3 unspecified atom stereocenters. The number of aromatic nitrogens is 9. The first kappa shape index (κ1) is 30.2. The average Bonchev–Trinajstić information content (AvgIpc) is 3.72. The van der Waals surface area contributed by atoms with E-state index >= 15 is 0 Å². The Bertz CT molecular complexity index is 1940. The number of nitrogens with one attached hydrogen (secondary N) is 1. The van der Waals surface area contributed by atoms with Gasteiger partial charge in [0.15, 0.2) is 40.6 Å². The van der Waals surface area contributed by atoms with Gasteiger partial charge in [0.25, 0.3) is 5.56 Å². The van der Waals surface area contributed by atoms with E-state index in [0.717, 1.165) is 21.9 Å². The van der Waals surface area contributed by atoms with Gasteiger partial charge >= 0.3 is 15.6 Å². The van der Waals surface area contributed by atoms with E-state index in [9.17, 15) is 33.9 Å². The lowest BCUT2D eigenvalue weighted by Crippen LogP contribution is -2.36. The van der Waals surface area contributed by atoms with E-state index in [0.29, 0.717) is 0 Å². The number of imidazole rings is 1. The minimum atomic E-state index is -5.13. The van der Waals surface area contributed by atoms with E-state index in [1.54, 1.807) is 0 Å². The largest absolute Gasteiger partial charge is 0.472 e. The third-order valence-corrected chi connectivity index (χ3v) is 9.16. The molecule has 0 aromatic carbocycles. The van der Waals surface area contributed by atoms with Crippen molar-refractivity contribution in [2.24, 2.45) is 0 Å². The lowest BCUT2D eigenvalue weighted by molar-refractivity contribution is -0.0691. The van der Waals surface area contributed by atoms with E-state index < -0.39 is 83.5 Å². The highest BCUT2D eigenvalue weighted by molar-refractivity contribution is 7.47. The summed E-state index contributed by atoms with van der Waals surface area (Å²) in [5, 5.41) is 29.8. The summed E-state index contributed by atoms with van der Waals surface area (Å²) < 4.78 is 60.6. The standard InChI is InChI=1S/C19H23N11O13P2/c20-13-7-14(23-3-22-13)30(28-27-7)17-10(32)11-6(41-17)2-39-45(36,37)43-12-9(31)5(1-38-44(34,35)42-11)40-18(12)29-4-24-8-15(29)25-19(21)26-16(8)33/h3-6,9-12,17-18,31-32H,1-2H2,(H,34,35)(H,36,37)(H2,20,22,23)(H3,21,25,26,33)/t5-,6?,9-,10-,11-,12-,17-,18-/m1/s1. The van der Waals surface area contributed by atoms with Crippen molar-refractivity contribution in [3.8, 4) is 0 Å². The summed E-state index contributed by atoms with van der Waals surface area (Å²) >= 11 is 0. The average molecular weight is 675 g/mol. The van der Waals surface area contributed by atoms with Gasteiger partial charge in [-0.05, 0) is 0 Å². The summed E-state index contributed by atoms with van der Waals surface area (Å²) in [5.74, 6) is -0.317. The zero-order valence-corrected chi connectivity index (χ0v) is 24.1. The van der Waals surface area contributed by atoms with Crippen LogP contribution in [0.3, 0.4) is 0 Å². The second-order valence-electron chi connectivity index (χ2n) is 10.0. The number of aromatic amines is 1. The fourth-order valence-electron chi connectivity index (χ4n) is 5.17. The minimum Gasteiger partial charge on any atom is -0.387 e. The molecule has 3 fully saturated rings. The first-order valence-electron chi connectivity index (χ1n) is 12.8. The Hall–Kier alpha value is -3.51. The molecular weight excluding hydrogens is 652 g/mol. The summed E-state index contributed by atoms with van der Waals surface area (Å²) in [7, 11) is -10.2. The molecule has 4 aromatic rings. The van der Waals surface area contributed by atoms with Gasteiger partial charge in [-0.25, -0.2) is 24.1 Å². The fourth-order valence-corrected chi connectivity index (χ4v) is 7.06. The maximum Gasteiger partial charge on any atom is 0.472 e. The highest BCUT2D eigenvalue weighted by atomic mass is 31.2. The number of H-pyrrole nitrogens is 1. The van der Waals surface area contributed by atoms with Gasteiger partial charge in [-0.1, -0.05) is 5.21 Å². The van der Waals surface area contributed by atoms with Crippen molar-refractivity contribution in [2.45, 2.75) is 49.1 Å². The monoisotopic (exact) mass is 675 g/mol. The van der Waals surface area contributed by atoms with Gasteiger partial charge in [-0.3, -0.25) is 32.4 Å². The molecule has 3 aliphatic heterocycles. The zero-order chi connectivity index (χ0) is 31.8. The quantitative estimate of drug-likeness (QED) is 0.104. The maximum atomic E-state index is 13.2. The number of nitrogen functional groups attached to an aromatic ring is 2. The minimum absolute atomic E-state index is 0.0277. The number of aliphatic hydroxyl groups is 2. The summed E-state index contributed by atoms with van der Waals surface area (Å²) in [5.41, 5.74) is 10.5. The molecular formula is C19H23N11O13P2. The molecule has 3 aliphatic rings. The van der Waals surface area contributed by atoms with Crippen LogP contribution in [0, 0.1) is 0 Å². The number of aliphatic hydroxyl groups excluding tert-OH is 2. The SMILES string of the molecule is Nc1nc2c(ncn2[C@@H]2O[C@@H]3COP(=O)(O)O[C@@H]4C(COP(=O)(O)O[C@@H]2[C@@H]3O)O[C@@H](n2nnc3c(N)ncnc32)[C@@H]4O)c(=O)[nH]1. The predicted molar refractivity (Wildman–Crippen MR) is 141 cm³/mol. The van der Waals surface area contributed by atoms with Gasteiger partial charge in [0, 0.05) is 0 Å². The third-order valence-electron chi connectivity index (χ3n) is 7.19. The maximum absolute atomic E-state index is 13.2. The van der Waals surface area contributed by atoms with Crippen molar-refractivity contribution in [3.63, 3.8) is 0 Å². The van der Waals surface area contributed by atoms with Crippen molar-refractivity contribution in [3.05, 3.63) is 23.0 Å². The van der Waals surface area contributed by atoms with Gasteiger partial charge in [0.1, 0.15) is 43.0 Å². The summed E-state index contributed by atoms with van der Waals surface area (Å²) in [6, 6.07) is 0. The second kappa shape index (κ2) is 10.8. The highest BCUT2D eigenvalue weighted by Crippen LogP contribution is 2.53. The molecule has 0 spiro atoms. The highest BCUT2D eigenvalue weighted by Gasteiger charge is 2.54. The second-order valence-corrected chi connectivity index (χ2v) is 12.8. The number of phosphoric ester groups is 2. The van der Waals surface area contributed by atoms with Crippen molar-refractivity contribution >= 4 is 49.7 Å². The molecule has 2 bridgehead atoms. The van der Waals surface area contributed by atoms with Crippen LogP contribution in [0.5, 0.6) is 0 Å². The first-order chi connectivity index (χ1) is 21.3. The molecule has 242 valence electrons. The van der Waals surface area contributed by atoms with Crippen LogP contribution < -0.4 is 17.0 Å². The molecule has 7 rings (SSSR count). The number of hydrogen-bond acceptors (Lipinski definition) is 19. The van der Waals surface area contributed by atoms with E-state index in [2.05, 4.69) is 35.2 Å². The number of fused-ring (bicyclic) bond motifs is 5. The Balaban J connectivity index is 1.21. The van der Waals surface area contributed by atoms with Crippen LogP contribution in [0.2, 0.25) is 0 Å². The van der Waals surface area contributed by atoms with Gasteiger partial charge in [0.2, 0.25) is 5.95 Å². The topological polar surface area (TPSA) is 343 Å². The molecule has 10 atom stereocenters. The van der Waals surface area contributed by atoms with Crippen LogP contribution in [0.4, 0.5) is 11.8 Å². The lowest BCUT2D eigenvalue weighted by atomic mass is 10.1. The summed E-state index contributed by atoms with van der Waals surface area (Å²) in [6.45, 7) is -1.69. The number of ether oxygens (including phenoxy) is 2. The van der Waals surface area contributed by atoms with Crippen LogP contribution in [-0.2, 0) is 36.7 Å². The van der Waals surface area contributed by atoms with Crippen molar-refractivity contribution in [2.75, 3.05) is 24.7 Å². The fraction of sp³-hybridized carbons (Fsp3) is 0.526. The Morgan fingerprint density at radius 2 is 1.58 bits per heavy atom. The molecule has 0 radical (unpaired) electrons. The molecule has 9 N–H and O–H groups in total. The molecule has 3 saturated heterocycles. The lowest BCUT2D eigenvalue weighted by Gasteiger charge is -2.25. The Morgan fingerprint density at radius 3 is 2.33 bits per heavy atom. The first-order valence-corrected chi connectivity index (χ1v) is 15.8. The molecule has 0 saturated carbocycles. The Labute approximate surface area is 248 Å². The Morgan fingerprint density at radius 1 is 0.889 bits per heavy atom. The summed E-state index contributed by atoms with van der Waals surface area (Å²) in [6.07, 6.45) is -10.8. The van der Waals surface area contributed by atoms with E-state index in [-0.39, 0.29) is 34.1 Å². The van der Waals surface area contributed by atoms with E-state index in [1.165, 1.54) is 0 Å². The normalized spacial score (nSPS) is 37.7. The smallest absolute Gasteiger partial charge is 0.387 e. The molecule has 45 heavy (non-hydrogen) atoms. The van der Waals surface area contributed by atoms with Crippen LogP contribution in [0.25, 0.3) is 22.3 Å². The van der Waals surface area contributed by atoms with Gasteiger partial charge in [-0.2, -0.15) is 9.67 Å². The molecule has 24 nitrogen and oxygen atoms in total. The molecule has 7 heterocycles. The number of anilines is 2. The third kappa shape index (κ3) is 5.29. The van der Waals surface area contributed by atoms with Gasteiger partial charge in [-0.15, -0.1) is 5.10 Å². The van der Waals surface area contributed by atoms with Crippen molar-refractivity contribution < 1.29 is 56.7 Å². The number of phosphoric acid groups is 2. The zero-order valence-electron chi connectivity index (χ0n) is 22.3. The number of hydrogen-bond donors (Lipinski definition) is 7. The number of nitrogens with zero attached hydrogens (tertiary/aromatic N) is 8. The van der Waals surface area contributed by atoms with Crippen LogP contribution in [-0.4, -0.2) is 114 Å². The van der Waals surface area contributed by atoms with Gasteiger partial charge < -0.3 is 40.9 Å². The van der Waals surface area contributed by atoms with Crippen LogP contribution in [0.15, 0.2) is 17.4 Å². The summed E-state index contributed by atoms with van der Waals surface area (Å²) in [4.78, 5) is 51.5. The predicted octanol–water partition coefficient (Wildman–Crippen LogP) is -2.95. The van der Waals surface area contributed by atoms with Crippen LogP contribution >= 0.6 is 15.6 Å². The molecule has 26 heteroatoms. The Kier molecular flexibility index (Phi) is 7.23. The van der Waals surface area contributed by atoms with Crippen LogP contribution in [0.1, 0.15) is 12.5 Å². The molecule has 0 amide bonds. The number of nitrogens with two attached hydrogens (primary N) is 2. The van der Waals surface area contributed by atoms with Crippen molar-refractivity contribution in [1.82, 2.24) is 44.5 Å². The van der Waals surface area contributed by atoms with E-state index in [1.807, 2.05) is 0 Å². The molecule has 0 aliphatic carbocycles. The van der Waals surface area contributed by atoms with Gasteiger partial charge in [0.05, 0.1) is 19.5 Å². The number of rotatable bonds is 2.